The number of aromatic nitrogens is 1. The molecule has 1 aromatic heterocycles. The van der Waals surface area contributed by atoms with Gasteiger partial charge in [0.15, 0.2) is 0 Å². The monoisotopic (exact) mass is 351 g/mol. The molecular weight excluding hydrogens is 338 g/mol. The minimum absolute atomic E-state index is 0.417. The number of carbonyl (C=O) groups is 1. The van der Waals surface area contributed by atoms with Gasteiger partial charge in [-0.15, -0.1) is 0 Å². The Morgan fingerprint density at radius 2 is 1.56 bits per heavy atom. The summed E-state index contributed by atoms with van der Waals surface area (Å²) in [5.74, 6) is 0. The lowest BCUT2D eigenvalue weighted by atomic mass is 10.0. The Kier molecular flexibility index (Phi) is 5.39. The molecule has 0 spiro atoms. The lowest BCUT2D eigenvalue weighted by molar-refractivity contribution is 0.166. The van der Waals surface area contributed by atoms with Crippen molar-refractivity contribution in [2.75, 3.05) is 5.32 Å². The van der Waals surface area contributed by atoms with Gasteiger partial charge in [0, 0.05) is 23.5 Å². The summed E-state index contributed by atoms with van der Waals surface area (Å²) in [6, 6.07) is 19.9. The van der Waals surface area contributed by atoms with Crippen LogP contribution in [0.2, 0.25) is 5.02 Å². The van der Waals surface area contributed by atoms with Crippen molar-refractivity contribution in [3.63, 3.8) is 0 Å². The predicted octanol–water partition coefficient (Wildman–Crippen LogP) is 4.74. The van der Waals surface area contributed by atoms with Crippen molar-refractivity contribution < 1.29 is 9.63 Å². The highest BCUT2D eigenvalue weighted by Gasteiger charge is 2.10. The molecule has 0 radical (unpaired) electrons. The minimum Gasteiger partial charge on any atom is -0.297 e. The van der Waals surface area contributed by atoms with E-state index in [2.05, 4.69) is 15.5 Å². The van der Waals surface area contributed by atoms with E-state index < -0.39 is 6.09 Å². The molecule has 124 valence electrons. The molecule has 0 atom stereocenters. The summed E-state index contributed by atoms with van der Waals surface area (Å²) in [5, 5.41) is 7.00. The Balaban J connectivity index is 1.82. The van der Waals surface area contributed by atoms with Crippen molar-refractivity contribution in [3.8, 4) is 0 Å². The van der Waals surface area contributed by atoms with Crippen molar-refractivity contribution in [2.45, 2.75) is 0 Å². The van der Waals surface area contributed by atoms with Crippen LogP contribution in [0.3, 0.4) is 0 Å². The molecule has 0 aliphatic heterocycles. The third kappa shape index (κ3) is 4.43. The average molecular weight is 352 g/mol. The molecule has 2 aromatic carbocycles. The first-order valence-electron chi connectivity index (χ1n) is 7.50. The van der Waals surface area contributed by atoms with E-state index in [4.69, 9.17) is 16.4 Å². The maximum absolute atomic E-state index is 12.0. The number of halogens is 1. The molecule has 6 heteroatoms. The van der Waals surface area contributed by atoms with Crippen LogP contribution in [0, 0.1) is 0 Å². The summed E-state index contributed by atoms with van der Waals surface area (Å²) >= 11 is 6.01. The molecule has 0 aliphatic rings. The average Bonchev–Trinajstić information content (AvgIpc) is 2.66. The Hall–Kier alpha value is -3.18. The summed E-state index contributed by atoms with van der Waals surface area (Å²) < 4.78 is 0. The van der Waals surface area contributed by atoms with Gasteiger partial charge in [0.1, 0.15) is 5.71 Å². The standard InChI is InChI=1S/C19H14ClN3O2/c20-16-8-4-5-9-17(16)22-19(24)25-23-18(14-6-2-1-3-7-14)15-10-12-21-13-11-15/h1-13H,(H,22,24)/b23-18+. The van der Waals surface area contributed by atoms with Crippen LogP contribution >= 0.6 is 11.6 Å². The van der Waals surface area contributed by atoms with E-state index in [9.17, 15) is 4.79 Å². The molecule has 25 heavy (non-hydrogen) atoms. The number of oxime groups is 1. The molecule has 1 heterocycles. The number of anilines is 1. The number of nitrogens with one attached hydrogen (secondary N) is 1. The highest BCUT2D eigenvalue weighted by Crippen LogP contribution is 2.20. The number of carbonyl (C=O) groups excluding carboxylic acids is 1. The molecule has 0 aliphatic carbocycles. The van der Waals surface area contributed by atoms with Gasteiger partial charge in [0.25, 0.3) is 0 Å². The second-order valence-electron chi connectivity index (χ2n) is 5.03. The summed E-state index contributed by atoms with van der Waals surface area (Å²) in [6.45, 7) is 0. The lowest BCUT2D eigenvalue weighted by Crippen LogP contribution is -2.13. The van der Waals surface area contributed by atoms with Crippen molar-refractivity contribution in [3.05, 3.63) is 95.3 Å². The molecule has 0 saturated heterocycles. The fourth-order valence-corrected chi connectivity index (χ4v) is 2.34. The van der Waals surface area contributed by atoms with Gasteiger partial charge < -0.3 is 0 Å². The topological polar surface area (TPSA) is 63.6 Å². The Bertz CT molecular complexity index is 842. The fraction of sp³-hybridized carbons (Fsp3) is 0. The number of amides is 1. The lowest BCUT2D eigenvalue weighted by Gasteiger charge is -2.08. The second kappa shape index (κ2) is 8.08. The zero-order valence-electron chi connectivity index (χ0n) is 13.1. The fourth-order valence-electron chi connectivity index (χ4n) is 2.16. The number of hydrogen-bond acceptors (Lipinski definition) is 4. The Morgan fingerprint density at radius 3 is 2.28 bits per heavy atom. The number of pyridine rings is 1. The van der Waals surface area contributed by atoms with Crippen LogP contribution in [0.1, 0.15) is 11.1 Å². The molecule has 1 N–H and O–H groups in total. The third-order valence-corrected chi connectivity index (χ3v) is 3.66. The van der Waals surface area contributed by atoms with E-state index in [1.54, 1.807) is 48.8 Å². The SMILES string of the molecule is O=C(Nc1ccccc1Cl)O/N=C(\c1ccccc1)c1ccncc1. The van der Waals surface area contributed by atoms with Crippen LogP contribution in [0.4, 0.5) is 10.5 Å². The zero-order chi connectivity index (χ0) is 17.5. The molecule has 5 nitrogen and oxygen atoms in total. The molecule has 0 bridgehead atoms. The third-order valence-electron chi connectivity index (χ3n) is 3.33. The summed E-state index contributed by atoms with van der Waals surface area (Å²) in [7, 11) is 0. The van der Waals surface area contributed by atoms with Crippen molar-refractivity contribution >= 4 is 29.1 Å². The van der Waals surface area contributed by atoms with Gasteiger partial charge in [-0.3, -0.25) is 15.1 Å². The van der Waals surface area contributed by atoms with E-state index in [-0.39, 0.29) is 0 Å². The second-order valence-corrected chi connectivity index (χ2v) is 5.43. The maximum Gasteiger partial charge on any atom is 0.437 e. The number of benzene rings is 2. The molecule has 0 fully saturated rings. The van der Waals surface area contributed by atoms with Gasteiger partial charge in [0.2, 0.25) is 0 Å². The van der Waals surface area contributed by atoms with E-state index in [1.165, 1.54) is 0 Å². The van der Waals surface area contributed by atoms with E-state index >= 15 is 0 Å². The number of hydrogen-bond donors (Lipinski definition) is 1. The normalized spacial score (nSPS) is 11.0. The minimum atomic E-state index is -0.726. The van der Waals surface area contributed by atoms with E-state index in [0.717, 1.165) is 11.1 Å². The molecule has 1 amide bonds. The number of para-hydroxylation sites is 1. The van der Waals surface area contributed by atoms with E-state index in [0.29, 0.717) is 16.4 Å². The predicted molar refractivity (Wildman–Crippen MR) is 97.9 cm³/mol. The number of nitrogens with zero attached hydrogens (tertiary/aromatic N) is 2. The van der Waals surface area contributed by atoms with Crippen LogP contribution in [0.25, 0.3) is 0 Å². The maximum atomic E-state index is 12.0. The molecule has 0 saturated carbocycles. The van der Waals surface area contributed by atoms with E-state index in [1.807, 2.05) is 30.3 Å². The largest absolute Gasteiger partial charge is 0.437 e. The molecule has 3 aromatic rings. The first kappa shape index (κ1) is 16.7. The van der Waals surface area contributed by atoms with Gasteiger partial charge in [0.05, 0.1) is 10.7 Å². The number of rotatable bonds is 4. The highest BCUT2D eigenvalue weighted by molar-refractivity contribution is 6.33. The van der Waals surface area contributed by atoms with Gasteiger partial charge in [-0.2, -0.15) is 0 Å². The van der Waals surface area contributed by atoms with Crippen LogP contribution < -0.4 is 5.32 Å². The molecule has 3 rings (SSSR count). The smallest absolute Gasteiger partial charge is 0.297 e. The highest BCUT2D eigenvalue weighted by atomic mass is 35.5. The zero-order valence-corrected chi connectivity index (χ0v) is 13.9. The summed E-state index contributed by atoms with van der Waals surface area (Å²) in [4.78, 5) is 21.0. The van der Waals surface area contributed by atoms with Crippen molar-refractivity contribution in [2.24, 2.45) is 5.16 Å². The Labute approximate surface area is 149 Å². The van der Waals surface area contributed by atoms with Gasteiger partial charge in [-0.25, -0.2) is 4.79 Å². The van der Waals surface area contributed by atoms with Gasteiger partial charge in [-0.1, -0.05) is 59.2 Å². The molecular formula is C19H14ClN3O2. The van der Waals surface area contributed by atoms with Crippen LogP contribution in [-0.4, -0.2) is 16.8 Å². The van der Waals surface area contributed by atoms with Crippen LogP contribution in [-0.2, 0) is 4.84 Å². The van der Waals surface area contributed by atoms with Crippen LogP contribution in [0.15, 0.2) is 84.3 Å². The first-order valence-corrected chi connectivity index (χ1v) is 7.88. The quantitative estimate of drug-likeness (QED) is 0.419. The summed E-state index contributed by atoms with van der Waals surface area (Å²) in [6.07, 6.45) is 2.57. The molecule has 0 unspecified atom stereocenters. The van der Waals surface area contributed by atoms with Crippen molar-refractivity contribution in [1.29, 1.82) is 0 Å². The first-order chi connectivity index (χ1) is 12.2. The van der Waals surface area contributed by atoms with Crippen molar-refractivity contribution in [1.82, 2.24) is 4.98 Å². The van der Waals surface area contributed by atoms with Gasteiger partial charge >= 0.3 is 6.09 Å². The van der Waals surface area contributed by atoms with Gasteiger partial charge in [-0.05, 0) is 24.3 Å². The van der Waals surface area contributed by atoms with Crippen LogP contribution in [0.5, 0.6) is 0 Å². The summed E-state index contributed by atoms with van der Waals surface area (Å²) in [5.41, 5.74) is 2.58. The Morgan fingerprint density at radius 1 is 0.920 bits per heavy atom.